The summed E-state index contributed by atoms with van der Waals surface area (Å²) in [6.45, 7) is 1.99. The van der Waals surface area contributed by atoms with Crippen molar-refractivity contribution < 1.29 is 4.79 Å². The fraction of sp³-hybridized carbons (Fsp3) is 0.600. The molecule has 2 rings (SSSR count). The molecule has 1 aliphatic rings. The summed E-state index contributed by atoms with van der Waals surface area (Å²) in [6.07, 6.45) is 3.86. The molecule has 5 heteroatoms. The standard InChI is InChI=1S/C10H16N4O/c1-7-3-5-13-14(7)8-2-4-10(12,6-8)9(11)15/h3,5,8H,2,4,6,12H2,1H3,(H2,11,15). The topological polar surface area (TPSA) is 86.9 Å². The largest absolute Gasteiger partial charge is 0.368 e. The van der Waals surface area contributed by atoms with Gasteiger partial charge in [-0.2, -0.15) is 5.10 Å². The van der Waals surface area contributed by atoms with Crippen molar-refractivity contribution in [2.24, 2.45) is 11.5 Å². The van der Waals surface area contributed by atoms with Crippen LogP contribution in [0.5, 0.6) is 0 Å². The highest BCUT2D eigenvalue weighted by molar-refractivity contribution is 5.84. The van der Waals surface area contributed by atoms with E-state index in [0.29, 0.717) is 12.8 Å². The Kier molecular flexibility index (Phi) is 2.26. The van der Waals surface area contributed by atoms with E-state index in [9.17, 15) is 4.79 Å². The number of aryl methyl sites for hydroxylation is 1. The van der Waals surface area contributed by atoms with Crippen LogP contribution in [0.1, 0.15) is 31.0 Å². The molecule has 0 spiro atoms. The van der Waals surface area contributed by atoms with Crippen molar-refractivity contribution in [1.29, 1.82) is 0 Å². The van der Waals surface area contributed by atoms with Gasteiger partial charge in [-0.25, -0.2) is 0 Å². The van der Waals surface area contributed by atoms with Gasteiger partial charge >= 0.3 is 0 Å². The predicted molar refractivity (Wildman–Crippen MR) is 56.0 cm³/mol. The van der Waals surface area contributed by atoms with E-state index in [1.165, 1.54) is 0 Å². The van der Waals surface area contributed by atoms with Crippen LogP contribution in [0.15, 0.2) is 12.3 Å². The molecule has 0 aromatic carbocycles. The summed E-state index contributed by atoms with van der Waals surface area (Å²) in [5, 5.41) is 4.23. The number of carbonyl (C=O) groups excluding carboxylic acids is 1. The minimum atomic E-state index is -0.844. The molecular weight excluding hydrogens is 192 g/mol. The van der Waals surface area contributed by atoms with Crippen molar-refractivity contribution in [2.75, 3.05) is 0 Å². The summed E-state index contributed by atoms with van der Waals surface area (Å²) in [4.78, 5) is 11.2. The third kappa shape index (κ3) is 1.63. The third-order valence-electron chi connectivity index (χ3n) is 3.23. The molecule has 0 saturated heterocycles. The molecule has 1 aliphatic carbocycles. The van der Waals surface area contributed by atoms with Gasteiger partial charge in [0.1, 0.15) is 0 Å². The number of aromatic nitrogens is 2. The number of hydrogen-bond acceptors (Lipinski definition) is 3. The summed E-state index contributed by atoms with van der Waals surface area (Å²) < 4.78 is 1.93. The Hall–Kier alpha value is -1.36. The number of nitrogens with two attached hydrogens (primary N) is 2. The summed E-state index contributed by atoms with van der Waals surface area (Å²) >= 11 is 0. The lowest BCUT2D eigenvalue weighted by atomic mass is 9.98. The van der Waals surface area contributed by atoms with E-state index in [1.807, 2.05) is 17.7 Å². The quantitative estimate of drug-likeness (QED) is 0.722. The van der Waals surface area contributed by atoms with Crippen LogP contribution < -0.4 is 11.5 Å². The van der Waals surface area contributed by atoms with E-state index in [0.717, 1.165) is 12.1 Å². The Labute approximate surface area is 88.4 Å². The van der Waals surface area contributed by atoms with E-state index in [2.05, 4.69) is 5.10 Å². The monoisotopic (exact) mass is 208 g/mol. The molecule has 1 aromatic rings. The number of amides is 1. The highest BCUT2D eigenvalue weighted by Crippen LogP contribution is 2.36. The maximum Gasteiger partial charge on any atom is 0.237 e. The molecule has 0 bridgehead atoms. The first kappa shape index (κ1) is 10.2. The van der Waals surface area contributed by atoms with E-state index < -0.39 is 11.4 Å². The molecule has 0 radical (unpaired) electrons. The number of carbonyl (C=O) groups is 1. The number of nitrogens with zero attached hydrogens (tertiary/aromatic N) is 2. The lowest BCUT2D eigenvalue weighted by Gasteiger charge is -2.20. The zero-order valence-electron chi connectivity index (χ0n) is 8.81. The van der Waals surface area contributed by atoms with Gasteiger partial charge in [0.25, 0.3) is 0 Å². The number of hydrogen-bond donors (Lipinski definition) is 2. The van der Waals surface area contributed by atoms with E-state index in [-0.39, 0.29) is 6.04 Å². The Morgan fingerprint density at radius 1 is 1.73 bits per heavy atom. The third-order valence-corrected chi connectivity index (χ3v) is 3.23. The number of primary amides is 1. The first-order valence-electron chi connectivity index (χ1n) is 5.12. The van der Waals surface area contributed by atoms with Gasteiger partial charge in [-0.3, -0.25) is 9.48 Å². The molecule has 2 atom stereocenters. The molecule has 15 heavy (non-hydrogen) atoms. The summed E-state index contributed by atoms with van der Waals surface area (Å²) in [5.41, 5.74) is 11.5. The van der Waals surface area contributed by atoms with Crippen LogP contribution in [0.25, 0.3) is 0 Å². The van der Waals surface area contributed by atoms with Gasteiger partial charge in [-0.1, -0.05) is 0 Å². The van der Waals surface area contributed by atoms with Crippen molar-refractivity contribution in [1.82, 2.24) is 9.78 Å². The molecule has 0 aliphatic heterocycles. The van der Waals surface area contributed by atoms with Gasteiger partial charge in [0.05, 0.1) is 11.6 Å². The van der Waals surface area contributed by atoms with Crippen LogP contribution in [0.3, 0.4) is 0 Å². The van der Waals surface area contributed by atoms with Crippen LogP contribution in [0.2, 0.25) is 0 Å². The van der Waals surface area contributed by atoms with Gasteiger partial charge in [0, 0.05) is 11.9 Å². The molecule has 1 saturated carbocycles. The second kappa shape index (κ2) is 3.34. The first-order chi connectivity index (χ1) is 7.03. The van der Waals surface area contributed by atoms with Crippen molar-refractivity contribution in [3.8, 4) is 0 Å². The molecular formula is C10H16N4O. The van der Waals surface area contributed by atoms with Crippen molar-refractivity contribution >= 4 is 5.91 Å². The second-order valence-corrected chi connectivity index (χ2v) is 4.33. The summed E-state index contributed by atoms with van der Waals surface area (Å²) in [7, 11) is 0. The first-order valence-corrected chi connectivity index (χ1v) is 5.12. The van der Waals surface area contributed by atoms with Gasteiger partial charge in [-0.15, -0.1) is 0 Å². The Morgan fingerprint density at radius 3 is 2.93 bits per heavy atom. The molecule has 1 heterocycles. The van der Waals surface area contributed by atoms with Crippen molar-refractivity contribution in [3.05, 3.63) is 18.0 Å². The zero-order chi connectivity index (χ0) is 11.1. The van der Waals surface area contributed by atoms with Gasteiger partial charge < -0.3 is 11.5 Å². The smallest absolute Gasteiger partial charge is 0.237 e. The highest BCUT2D eigenvalue weighted by atomic mass is 16.1. The highest BCUT2D eigenvalue weighted by Gasteiger charge is 2.41. The Bertz CT molecular complexity index is 387. The van der Waals surface area contributed by atoms with Gasteiger partial charge in [0.15, 0.2) is 0 Å². The summed E-state index contributed by atoms with van der Waals surface area (Å²) in [6, 6.07) is 2.15. The molecule has 1 aromatic heterocycles. The van der Waals surface area contributed by atoms with Crippen LogP contribution in [0.4, 0.5) is 0 Å². The van der Waals surface area contributed by atoms with E-state index in [4.69, 9.17) is 11.5 Å². The van der Waals surface area contributed by atoms with E-state index >= 15 is 0 Å². The summed E-state index contributed by atoms with van der Waals surface area (Å²) in [5.74, 6) is -0.408. The van der Waals surface area contributed by atoms with E-state index in [1.54, 1.807) is 6.20 Å². The normalized spacial score (nSPS) is 30.7. The maximum atomic E-state index is 11.2. The van der Waals surface area contributed by atoms with Gasteiger partial charge in [-0.05, 0) is 32.3 Å². The Balaban J connectivity index is 2.18. The fourth-order valence-electron chi connectivity index (χ4n) is 2.24. The fourth-order valence-corrected chi connectivity index (χ4v) is 2.24. The predicted octanol–water partition coefficient (Wildman–Crippen LogP) is 0.0993. The molecule has 82 valence electrons. The van der Waals surface area contributed by atoms with Crippen LogP contribution >= 0.6 is 0 Å². The molecule has 1 amide bonds. The van der Waals surface area contributed by atoms with Crippen molar-refractivity contribution in [3.63, 3.8) is 0 Å². The maximum absolute atomic E-state index is 11.2. The average Bonchev–Trinajstić information content (AvgIpc) is 2.73. The van der Waals surface area contributed by atoms with Crippen LogP contribution in [-0.2, 0) is 4.79 Å². The minimum Gasteiger partial charge on any atom is -0.368 e. The van der Waals surface area contributed by atoms with Crippen LogP contribution in [-0.4, -0.2) is 21.2 Å². The van der Waals surface area contributed by atoms with Crippen molar-refractivity contribution in [2.45, 2.75) is 37.8 Å². The molecule has 4 N–H and O–H groups in total. The minimum absolute atomic E-state index is 0.206. The second-order valence-electron chi connectivity index (χ2n) is 4.33. The number of rotatable bonds is 2. The lowest BCUT2D eigenvalue weighted by molar-refractivity contribution is -0.123. The lowest BCUT2D eigenvalue weighted by Crippen LogP contribution is -2.49. The molecule has 5 nitrogen and oxygen atoms in total. The SMILES string of the molecule is Cc1ccnn1C1CCC(N)(C(N)=O)C1. The zero-order valence-corrected chi connectivity index (χ0v) is 8.81. The molecule has 2 unspecified atom stereocenters. The average molecular weight is 208 g/mol. The van der Waals surface area contributed by atoms with Gasteiger partial charge in [0.2, 0.25) is 5.91 Å². The molecule has 1 fully saturated rings. The van der Waals surface area contributed by atoms with Crippen LogP contribution in [0, 0.1) is 6.92 Å². The Morgan fingerprint density at radius 2 is 2.47 bits per heavy atom.